The molecule has 9 aromatic rings. The van der Waals surface area contributed by atoms with Crippen LogP contribution in [0.15, 0.2) is 93.6 Å². The average Bonchev–Trinajstić information content (AvgIpc) is 1.65. The Morgan fingerprint density at radius 2 is 1.28 bits per heavy atom. The summed E-state index contributed by atoms with van der Waals surface area (Å²) in [5.41, 5.74) is 10.1. The Labute approximate surface area is 579 Å². The number of pyridine rings is 1. The number of amides is 5. The van der Waals surface area contributed by atoms with Crippen LogP contribution in [0.5, 0.6) is 0 Å². The second-order valence-corrected chi connectivity index (χ2v) is 30.2. The molecule has 9 heterocycles. The number of hydrogen-bond acceptors (Lipinski definition) is 23. The molecular weight excluding hydrogens is 1360 g/mol. The highest BCUT2D eigenvalue weighted by molar-refractivity contribution is 7.15. The predicted octanol–water partition coefficient (Wildman–Crippen LogP) is 10.0. The van der Waals surface area contributed by atoms with Gasteiger partial charge in [-0.2, -0.15) is 0 Å². The monoisotopic (exact) mass is 1420 g/mol. The summed E-state index contributed by atoms with van der Waals surface area (Å²) in [5.74, 6) is -7.00. The average molecular weight is 1420 g/mol. The molecule has 0 spiro atoms. The van der Waals surface area contributed by atoms with Crippen LogP contribution in [-0.4, -0.2) is 132 Å². The Kier molecular flexibility index (Phi) is 20.8. The Morgan fingerprint density at radius 1 is 0.660 bits per heavy atom. The molecule has 12 rings (SSSR count). The SMILES string of the molecule is Cc1ccc(C[C@@H]2NC(=O)c3csc(n3)[C@H]([C@H](O)c3ccccc3)CC(=O)c3nc(sc3C)[C@H](CC(N)=O)NC(=O)c3csc(n3)-c3ccc(-c4nc(C(=O)NC5C[C@@H](CCC(=O)O)C[C@@H](CCC(=O)O)C5)cs4)nc3-c3csc(n3)-c3csc(n3)[C@@H]3[C@@H](C)[C@@H](O)CN3C2=O)cc1. The van der Waals surface area contributed by atoms with Gasteiger partial charge >= 0.3 is 11.9 Å². The second kappa shape index (κ2) is 29.5. The molecule has 97 heavy (non-hydrogen) atoms. The van der Waals surface area contributed by atoms with Crippen LogP contribution in [0.2, 0.25) is 0 Å². The van der Waals surface area contributed by atoms with Crippen molar-refractivity contribution < 1.29 is 58.8 Å². The zero-order valence-electron chi connectivity index (χ0n) is 52.4. The lowest BCUT2D eigenvalue weighted by molar-refractivity contribution is -0.138. The normalized spacial score (nSPS) is 21.9. The first-order chi connectivity index (χ1) is 46.6. The van der Waals surface area contributed by atoms with Crippen LogP contribution in [0, 0.1) is 31.6 Å². The first-order valence-corrected chi connectivity index (χ1v) is 36.5. The maximum atomic E-state index is 15.3. The van der Waals surface area contributed by atoms with Crippen molar-refractivity contribution in [2.75, 3.05) is 6.54 Å². The summed E-state index contributed by atoms with van der Waals surface area (Å²) in [7, 11) is 0. The number of carbonyl (C=O) groups is 8. The molecule has 30 heteroatoms. The number of Topliss-reactive ketones (excluding diaryl/α,β-unsaturated/α-hetero) is 1. The number of nitrogens with one attached hydrogen (secondary N) is 3. The fourth-order valence-electron chi connectivity index (χ4n) is 12.7. The van der Waals surface area contributed by atoms with Gasteiger partial charge in [0, 0.05) is 87.4 Å². The van der Waals surface area contributed by atoms with Crippen molar-refractivity contribution in [2.45, 2.75) is 127 Å². The lowest BCUT2D eigenvalue weighted by Crippen LogP contribution is -2.50. The zero-order chi connectivity index (χ0) is 68.3. The molecule has 5 amide bonds. The number of carboxylic acid groups (broad SMARTS) is 2. The van der Waals surface area contributed by atoms with Gasteiger partial charge in [0.15, 0.2) is 5.78 Å². The van der Waals surface area contributed by atoms with Gasteiger partial charge in [-0.05, 0) is 81.0 Å². The minimum Gasteiger partial charge on any atom is -0.481 e. The van der Waals surface area contributed by atoms with E-state index in [1.54, 1.807) is 70.4 Å². The van der Waals surface area contributed by atoms with Crippen molar-refractivity contribution in [3.05, 3.63) is 153 Å². The number of carbonyl (C=O) groups excluding carboxylic acids is 6. The highest BCUT2D eigenvalue weighted by Crippen LogP contribution is 2.44. The Morgan fingerprint density at radius 3 is 1.99 bits per heavy atom. The van der Waals surface area contributed by atoms with Crippen molar-refractivity contribution in [1.82, 2.24) is 55.7 Å². The molecule has 2 fully saturated rings. The largest absolute Gasteiger partial charge is 0.481 e. The molecule has 24 nitrogen and oxygen atoms in total. The summed E-state index contributed by atoms with van der Waals surface area (Å²) in [4.78, 5) is 145. The van der Waals surface area contributed by atoms with Gasteiger partial charge in [0.1, 0.15) is 70.9 Å². The van der Waals surface area contributed by atoms with Crippen molar-refractivity contribution in [2.24, 2.45) is 23.5 Å². The van der Waals surface area contributed by atoms with Gasteiger partial charge in [-0.15, -0.1) is 68.0 Å². The van der Waals surface area contributed by atoms with Gasteiger partial charge in [0.25, 0.3) is 17.7 Å². The summed E-state index contributed by atoms with van der Waals surface area (Å²) >= 11 is 7.02. The maximum Gasteiger partial charge on any atom is 0.303 e. The van der Waals surface area contributed by atoms with Crippen LogP contribution in [0.1, 0.15) is 167 Å². The quantitative estimate of drug-likeness (QED) is 0.0473. The maximum absolute atomic E-state index is 15.3. The third-order valence-corrected chi connectivity index (χ3v) is 23.3. The molecule has 0 radical (unpaired) electrons. The Balaban J connectivity index is 0.913. The zero-order valence-corrected chi connectivity index (χ0v) is 57.3. The van der Waals surface area contributed by atoms with Crippen molar-refractivity contribution in [1.29, 1.82) is 0 Å². The van der Waals surface area contributed by atoms with Gasteiger partial charge in [0.05, 0.1) is 41.4 Å². The van der Waals surface area contributed by atoms with Crippen molar-refractivity contribution >= 4 is 115 Å². The highest BCUT2D eigenvalue weighted by Gasteiger charge is 2.46. The van der Waals surface area contributed by atoms with Gasteiger partial charge in [-0.25, -0.2) is 34.9 Å². The van der Waals surface area contributed by atoms with Crippen LogP contribution in [0.25, 0.3) is 43.4 Å². The van der Waals surface area contributed by atoms with Gasteiger partial charge in [-0.1, -0.05) is 67.1 Å². The molecule has 1 unspecified atom stereocenters. The Hall–Kier alpha value is -8.75. The van der Waals surface area contributed by atoms with E-state index in [2.05, 4.69) is 16.0 Å². The number of thiazole rings is 6. The summed E-state index contributed by atoms with van der Waals surface area (Å²) in [5, 5.41) is 61.9. The number of aliphatic carboxylic acids is 2. The molecule has 2 aliphatic heterocycles. The third kappa shape index (κ3) is 15.7. The number of hydrogen-bond donors (Lipinski definition) is 8. The topological polar surface area (TPSA) is 373 Å². The summed E-state index contributed by atoms with van der Waals surface area (Å²) < 4.78 is 0. The van der Waals surface area contributed by atoms with Crippen LogP contribution in [-0.2, 0) is 25.6 Å². The van der Waals surface area contributed by atoms with Crippen LogP contribution in [0.4, 0.5) is 0 Å². The van der Waals surface area contributed by atoms with Gasteiger partial charge in [0.2, 0.25) is 11.8 Å². The number of aliphatic hydroxyl groups is 2. The number of rotatable bonds is 15. The molecular formula is C67H66N12O12S6. The fraction of sp³-hybridized carbons (Fsp3) is 0.358. The number of aliphatic hydroxyl groups excluding tert-OH is 2. The number of carboxylic acids is 2. The first-order valence-electron chi connectivity index (χ1n) is 31.3. The number of aryl methyl sites for hydroxylation is 2. The highest BCUT2D eigenvalue weighted by atomic mass is 32.1. The lowest BCUT2D eigenvalue weighted by Gasteiger charge is -2.35. The van der Waals surface area contributed by atoms with E-state index in [1.165, 1.54) is 39.4 Å². The van der Waals surface area contributed by atoms with E-state index in [-0.39, 0.29) is 82.9 Å². The van der Waals surface area contributed by atoms with E-state index in [9.17, 15) is 54.0 Å². The van der Waals surface area contributed by atoms with Crippen LogP contribution in [0.3, 0.4) is 0 Å². The molecule has 9 N–H and O–H groups in total. The molecule has 7 aromatic heterocycles. The minimum atomic E-state index is -1.30. The number of fused-ring (bicyclic) bond motifs is 16. The molecule has 10 atom stereocenters. The van der Waals surface area contributed by atoms with Crippen molar-refractivity contribution in [3.8, 4) is 43.4 Å². The first kappa shape index (κ1) is 68.2. The van der Waals surface area contributed by atoms with E-state index in [0.717, 1.165) is 45.1 Å². The van der Waals surface area contributed by atoms with E-state index < -0.39 is 95.8 Å². The third-order valence-electron chi connectivity index (χ3n) is 17.7. The number of benzene rings is 2. The van der Waals surface area contributed by atoms with E-state index >= 15 is 4.79 Å². The summed E-state index contributed by atoms with van der Waals surface area (Å²) in [6, 6.07) is 16.4. The molecule has 1 saturated heterocycles. The minimum absolute atomic E-state index is 0.0218. The van der Waals surface area contributed by atoms with Crippen LogP contribution >= 0.6 is 68.0 Å². The molecule has 502 valence electrons. The number of primary amides is 1. The number of ketones is 1. The standard InChI is InChI=1S/C67H66N12O12S6/c1-31-9-11-34(12-10-31)22-43-67(91)79-25-50(81)32(2)56(79)66-77-48(30-96-66)64-73-44(26-94-64)55-39(15-16-41(70-55)63-76-45(29-95-63)58(88)69-38-20-35(13-17-52(83)84)19-36(21-38)14-18-53(85)86)61-74-46(27-92-61)59(89)71-42(24-51(68)82)65-78-54(33(3)97-65)49(80)23-40(57(87)37-7-5-4-6-8-37)62-75-47(28-93-62)60(90)72-43/h4-12,15-16,26-30,32,35-36,38,40,42-43,50,56-57,81,87H,13-14,17-25H2,1-3H3,(H2,68,82)(H,69,88)(H,71,89)(H,72,90)(H,83,84)(H,85,86)/t32-,35-,36+,38?,40-,42-,43-,50-,56-,57+/m0/s1. The summed E-state index contributed by atoms with van der Waals surface area (Å²) in [6.45, 7) is 5.39. The number of nitrogens with two attached hydrogens (primary N) is 1. The number of nitrogens with zero attached hydrogens (tertiary/aromatic N) is 8. The van der Waals surface area contributed by atoms with E-state index in [4.69, 9.17) is 40.6 Å². The molecule has 2 aromatic carbocycles. The van der Waals surface area contributed by atoms with E-state index in [0.29, 0.717) is 90.9 Å². The van der Waals surface area contributed by atoms with Gasteiger partial charge < -0.3 is 47.0 Å². The predicted molar refractivity (Wildman–Crippen MR) is 366 cm³/mol. The lowest BCUT2D eigenvalue weighted by atomic mass is 9.75. The smallest absolute Gasteiger partial charge is 0.303 e. The van der Waals surface area contributed by atoms with E-state index in [1.807, 2.05) is 43.5 Å². The molecule has 10 bridgehead atoms. The van der Waals surface area contributed by atoms with Crippen molar-refractivity contribution in [3.63, 3.8) is 0 Å². The fourth-order valence-corrected chi connectivity index (χ4v) is 18.1. The molecule has 3 aliphatic rings. The van der Waals surface area contributed by atoms with Gasteiger partial charge in [-0.3, -0.25) is 38.4 Å². The Bertz CT molecular complexity index is 4420. The summed E-state index contributed by atoms with van der Waals surface area (Å²) in [6.07, 6.45) is -0.478. The molecule has 1 aliphatic carbocycles. The molecule has 1 saturated carbocycles. The second-order valence-electron chi connectivity index (χ2n) is 24.6. The van der Waals surface area contributed by atoms with Crippen LogP contribution < -0.4 is 21.7 Å². The number of aromatic nitrogens is 7.